The number of halogens is 1. The third-order valence-corrected chi connectivity index (χ3v) is 2.73. The molecule has 0 spiro atoms. The fourth-order valence-corrected chi connectivity index (χ4v) is 1.55. The Labute approximate surface area is 96.7 Å². The molecule has 1 aromatic carbocycles. The molecule has 4 N–H and O–H groups in total. The van der Waals surface area contributed by atoms with Crippen LogP contribution in [0.15, 0.2) is 22.7 Å². The number of nitrogens with one attached hydrogen (secondary N) is 1. The quantitative estimate of drug-likeness (QED) is 0.635. The van der Waals surface area contributed by atoms with Crippen molar-refractivity contribution in [3.63, 3.8) is 0 Å². The van der Waals surface area contributed by atoms with E-state index in [1.54, 1.807) is 12.1 Å². The van der Waals surface area contributed by atoms with E-state index in [0.29, 0.717) is 11.0 Å². The van der Waals surface area contributed by atoms with Crippen molar-refractivity contribution in [2.45, 2.75) is 12.6 Å². The van der Waals surface area contributed by atoms with E-state index in [9.17, 15) is 5.11 Å². The van der Waals surface area contributed by atoms with Gasteiger partial charge in [-0.1, -0.05) is 12.1 Å². The Morgan fingerprint density at radius 1 is 1.27 bits per heavy atom. The molecule has 0 atom stereocenters. The first-order chi connectivity index (χ1) is 7.19. The summed E-state index contributed by atoms with van der Waals surface area (Å²) in [7, 11) is 0. The van der Waals surface area contributed by atoms with Crippen molar-refractivity contribution < 1.29 is 15.3 Å². The maximum Gasteiger partial charge on any atom is 0.134 e. The second-order valence-electron chi connectivity index (χ2n) is 3.19. The number of aromatic hydroxyl groups is 1. The Balaban J connectivity index is 2.61. The van der Waals surface area contributed by atoms with Crippen LogP contribution in [0.1, 0.15) is 5.56 Å². The second-order valence-corrected chi connectivity index (χ2v) is 4.04. The summed E-state index contributed by atoms with van der Waals surface area (Å²) in [5.41, 5.74) is 0.719. The van der Waals surface area contributed by atoms with Crippen LogP contribution in [0.25, 0.3) is 0 Å². The fraction of sp³-hybridized carbons (Fsp3) is 0.400. The van der Waals surface area contributed by atoms with Gasteiger partial charge in [0.25, 0.3) is 0 Å². The summed E-state index contributed by atoms with van der Waals surface area (Å²) < 4.78 is 0.631. The SMILES string of the molecule is OCC(CO)NCc1cccc(Br)c1O. The molecule has 0 amide bonds. The van der Waals surface area contributed by atoms with E-state index in [2.05, 4.69) is 21.2 Å². The van der Waals surface area contributed by atoms with Crippen LogP contribution in [0.4, 0.5) is 0 Å². The van der Waals surface area contributed by atoms with Crippen molar-refractivity contribution in [2.75, 3.05) is 13.2 Å². The van der Waals surface area contributed by atoms with Crippen molar-refractivity contribution >= 4 is 15.9 Å². The minimum Gasteiger partial charge on any atom is -0.506 e. The van der Waals surface area contributed by atoms with Gasteiger partial charge >= 0.3 is 0 Å². The Bertz CT molecular complexity index is 316. The standard InChI is InChI=1S/C10H14BrNO3/c11-9-3-1-2-7(10(9)15)4-12-8(5-13)6-14/h1-3,8,12-15H,4-6H2. The molecule has 0 aromatic heterocycles. The Morgan fingerprint density at radius 3 is 2.53 bits per heavy atom. The molecule has 4 nitrogen and oxygen atoms in total. The van der Waals surface area contributed by atoms with Crippen molar-refractivity contribution in [2.24, 2.45) is 0 Å². The number of hydrogen-bond acceptors (Lipinski definition) is 4. The first-order valence-corrected chi connectivity index (χ1v) is 5.39. The van der Waals surface area contributed by atoms with Gasteiger partial charge in [0.15, 0.2) is 0 Å². The predicted molar refractivity (Wildman–Crippen MR) is 60.6 cm³/mol. The highest BCUT2D eigenvalue weighted by Gasteiger charge is 2.08. The van der Waals surface area contributed by atoms with Crippen LogP contribution >= 0.6 is 15.9 Å². The van der Waals surface area contributed by atoms with Crippen LogP contribution in [-0.4, -0.2) is 34.6 Å². The lowest BCUT2D eigenvalue weighted by Crippen LogP contribution is -2.35. The first kappa shape index (κ1) is 12.4. The van der Waals surface area contributed by atoms with Gasteiger partial charge in [0.05, 0.1) is 23.7 Å². The molecule has 0 heterocycles. The summed E-state index contributed by atoms with van der Waals surface area (Å²) >= 11 is 3.21. The Morgan fingerprint density at radius 2 is 1.93 bits per heavy atom. The van der Waals surface area contributed by atoms with Crippen LogP contribution in [0.2, 0.25) is 0 Å². The Kier molecular flexibility index (Phi) is 5.04. The van der Waals surface area contributed by atoms with E-state index in [1.165, 1.54) is 0 Å². The summed E-state index contributed by atoms with van der Waals surface area (Å²) in [6.45, 7) is 0.133. The average molecular weight is 276 g/mol. The molecule has 0 fully saturated rings. The van der Waals surface area contributed by atoms with Crippen LogP contribution in [0.5, 0.6) is 5.75 Å². The van der Waals surface area contributed by atoms with E-state index >= 15 is 0 Å². The lowest BCUT2D eigenvalue weighted by atomic mass is 10.2. The highest BCUT2D eigenvalue weighted by Crippen LogP contribution is 2.27. The maximum absolute atomic E-state index is 9.64. The lowest BCUT2D eigenvalue weighted by Gasteiger charge is -2.14. The predicted octanol–water partition coefficient (Wildman–Crippen LogP) is 0.597. The number of aliphatic hydroxyl groups excluding tert-OH is 2. The van der Waals surface area contributed by atoms with Crippen molar-refractivity contribution in [3.05, 3.63) is 28.2 Å². The van der Waals surface area contributed by atoms with E-state index in [1.807, 2.05) is 6.07 Å². The number of para-hydroxylation sites is 1. The molecule has 84 valence electrons. The number of aliphatic hydroxyl groups is 2. The topological polar surface area (TPSA) is 72.7 Å². The highest BCUT2D eigenvalue weighted by molar-refractivity contribution is 9.10. The van der Waals surface area contributed by atoms with E-state index in [-0.39, 0.29) is 25.0 Å². The van der Waals surface area contributed by atoms with Gasteiger partial charge in [-0.15, -0.1) is 0 Å². The molecule has 1 aromatic rings. The van der Waals surface area contributed by atoms with E-state index < -0.39 is 0 Å². The zero-order chi connectivity index (χ0) is 11.3. The zero-order valence-corrected chi connectivity index (χ0v) is 9.74. The average Bonchev–Trinajstić information content (AvgIpc) is 2.25. The largest absolute Gasteiger partial charge is 0.506 e. The van der Waals surface area contributed by atoms with Crippen LogP contribution < -0.4 is 5.32 Å². The molecular weight excluding hydrogens is 262 g/mol. The fourth-order valence-electron chi connectivity index (χ4n) is 1.14. The highest BCUT2D eigenvalue weighted by atomic mass is 79.9. The summed E-state index contributed by atoms with van der Waals surface area (Å²) in [6, 6.07) is 4.98. The normalized spacial score (nSPS) is 10.9. The van der Waals surface area contributed by atoms with Gasteiger partial charge in [-0.05, 0) is 22.0 Å². The first-order valence-electron chi connectivity index (χ1n) is 4.60. The minimum atomic E-state index is -0.358. The maximum atomic E-state index is 9.64. The summed E-state index contributed by atoms with van der Waals surface area (Å²) in [6.07, 6.45) is 0. The lowest BCUT2D eigenvalue weighted by molar-refractivity contribution is 0.170. The Hall–Kier alpha value is -0.620. The summed E-state index contributed by atoms with van der Waals surface area (Å²) in [5, 5.41) is 30.2. The molecule has 0 aliphatic rings. The third-order valence-electron chi connectivity index (χ3n) is 2.09. The van der Waals surface area contributed by atoms with Crippen LogP contribution in [0.3, 0.4) is 0 Å². The molecule has 0 saturated carbocycles. The molecule has 0 saturated heterocycles. The third kappa shape index (κ3) is 3.46. The van der Waals surface area contributed by atoms with Gasteiger partial charge in [0.2, 0.25) is 0 Å². The summed E-state index contributed by atoms with van der Waals surface area (Å²) in [5.74, 6) is 0.180. The number of phenolic OH excluding ortho intramolecular Hbond substituents is 1. The van der Waals surface area contributed by atoms with Gasteiger partial charge < -0.3 is 20.6 Å². The molecule has 0 aliphatic heterocycles. The van der Waals surface area contributed by atoms with Crippen molar-refractivity contribution in [1.29, 1.82) is 0 Å². The van der Waals surface area contributed by atoms with Crippen molar-refractivity contribution in [3.8, 4) is 5.75 Å². The molecule has 5 heteroatoms. The van der Waals surface area contributed by atoms with E-state index in [4.69, 9.17) is 10.2 Å². The molecule has 0 unspecified atom stereocenters. The van der Waals surface area contributed by atoms with Gasteiger partial charge in [-0.25, -0.2) is 0 Å². The van der Waals surface area contributed by atoms with Gasteiger partial charge in [-0.2, -0.15) is 0 Å². The number of phenols is 1. The van der Waals surface area contributed by atoms with Gasteiger partial charge in [0, 0.05) is 12.1 Å². The molecule has 0 aliphatic carbocycles. The van der Waals surface area contributed by atoms with Crippen LogP contribution in [-0.2, 0) is 6.54 Å². The molecule has 0 bridgehead atoms. The summed E-state index contributed by atoms with van der Waals surface area (Å²) in [4.78, 5) is 0. The molecule has 1 rings (SSSR count). The molecular formula is C10H14BrNO3. The van der Waals surface area contributed by atoms with Crippen LogP contribution in [0, 0.1) is 0 Å². The smallest absolute Gasteiger partial charge is 0.134 e. The minimum absolute atomic E-state index is 0.134. The molecule has 0 radical (unpaired) electrons. The number of benzene rings is 1. The monoisotopic (exact) mass is 275 g/mol. The van der Waals surface area contributed by atoms with Gasteiger partial charge in [0.1, 0.15) is 5.75 Å². The van der Waals surface area contributed by atoms with Crippen molar-refractivity contribution in [1.82, 2.24) is 5.32 Å². The number of rotatable bonds is 5. The number of hydrogen-bond donors (Lipinski definition) is 4. The van der Waals surface area contributed by atoms with Gasteiger partial charge in [-0.3, -0.25) is 0 Å². The second kappa shape index (κ2) is 6.07. The molecule has 15 heavy (non-hydrogen) atoms. The zero-order valence-electron chi connectivity index (χ0n) is 8.15. The van der Waals surface area contributed by atoms with E-state index in [0.717, 1.165) is 5.56 Å².